The Morgan fingerprint density at radius 2 is 1.54 bits per heavy atom. The van der Waals surface area contributed by atoms with E-state index in [9.17, 15) is 13.2 Å². The third-order valence-corrected chi connectivity index (χ3v) is 4.85. The summed E-state index contributed by atoms with van der Waals surface area (Å²) in [5, 5.41) is -0.378. The first kappa shape index (κ1) is 11.2. The normalized spacial score (nSPS) is 40.2. The van der Waals surface area contributed by atoms with Crippen LogP contribution in [0.15, 0.2) is 0 Å². The van der Waals surface area contributed by atoms with Gasteiger partial charge in [0.25, 0.3) is 0 Å². The summed E-state index contributed by atoms with van der Waals surface area (Å²) < 4.78 is 37.3. The lowest BCUT2D eigenvalue weighted by Crippen LogP contribution is -2.30. The lowest BCUT2D eigenvalue weighted by Gasteiger charge is -2.25. The van der Waals surface area contributed by atoms with Crippen LogP contribution in [0.2, 0.25) is 0 Å². The number of hydrogen-bond acceptors (Lipinski definition) is 0. The second-order valence-electron chi connectivity index (χ2n) is 4.63. The maximum Gasteiger partial charge on any atom is 0.392 e. The maximum absolute atomic E-state index is 12.4. The van der Waals surface area contributed by atoms with Crippen molar-refractivity contribution in [2.24, 2.45) is 16.7 Å². The Morgan fingerprint density at radius 1 is 1.23 bits per heavy atom. The van der Waals surface area contributed by atoms with E-state index in [2.05, 4.69) is 0 Å². The van der Waals surface area contributed by atoms with Crippen molar-refractivity contribution in [3.8, 4) is 0 Å². The molecule has 4 heteroatoms. The lowest BCUT2D eigenvalue weighted by molar-refractivity contribution is -0.189. The highest BCUT2D eigenvalue weighted by molar-refractivity contribution is 6.24. The first-order valence-corrected chi connectivity index (χ1v) is 4.70. The summed E-state index contributed by atoms with van der Waals surface area (Å²) in [6, 6.07) is 0. The van der Waals surface area contributed by atoms with Gasteiger partial charge in [0.05, 0.1) is 5.92 Å². The Kier molecular flexibility index (Phi) is 2.19. The van der Waals surface area contributed by atoms with Crippen LogP contribution in [0.3, 0.4) is 0 Å². The second kappa shape index (κ2) is 2.56. The van der Waals surface area contributed by atoms with E-state index in [0.717, 1.165) is 0 Å². The molecule has 13 heavy (non-hydrogen) atoms. The predicted molar refractivity (Wildman–Crippen MR) is 46.7 cm³/mol. The number of rotatable bonds is 1. The summed E-state index contributed by atoms with van der Waals surface area (Å²) in [7, 11) is 0. The van der Waals surface area contributed by atoms with E-state index >= 15 is 0 Å². The van der Waals surface area contributed by atoms with Gasteiger partial charge in [-0.05, 0) is 5.41 Å². The minimum atomic E-state index is -4.14. The first-order valence-electron chi connectivity index (χ1n) is 4.27. The second-order valence-corrected chi connectivity index (χ2v) is 5.07. The zero-order chi connectivity index (χ0) is 10.7. The van der Waals surface area contributed by atoms with Crippen molar-refractivity contribution in [2.45, 2.75) is 39.2 Å². The van der Waals surface area contributed by atoms with E-state index in [1.165, 1.54) is 6.92 Å². The van der Waals surface area contributed by atoms with Gasteiger partial charge in [-0.3, -0.25) is 0 Å². The topological polar surface area (TPSA) is 0 Å². The molecule has 78 valence electrons. The molecule has 0 aromatic carbocycles. The van der Waals surface area contributed by atoms with Gasteiger partial charge in [-0.15, -0.1) is 11.6 Å². The largest absolute Gasteiger partial charge is 0.392 e. The molecule has 0 spiro atoms. The lowest BCUT2D eigenvalue weighted by atomic mass is 9.85. The van der Waals surface area contributed by atoms with Crippen LogP contribution in [-0.4, -0.2) is 11.6 Å². The molecule has 1 saturated carbocycles. The highest BCUT2D eigenvalue weighted by atomic mass is 35.5. The van der Waals surface area contributed by atoms with Gasteiger partial charge in [-0.25, -0.2) is 0 Å². The van der Waals surface area contributed by atoms with Crippen molar-refractivity contribution in [2.75, 3.05) is 0 Å². The summed E-state index contributed by atoms with van der Waals surface area (Å²) in [4.78, 5) is 0. The maximum atomic E-state index is 12.4. The molecule has 0 saturated heterocycles. The summed E-state index contributed by atoms with van der Waals surface area (Å²) >= 11 is 5.89. The molecule has 0 aromatic heterocycles. The molecule has 0 nitrogen and oxygen atoms in total. The molecule has 1 rings (SSSR count). The van der Waals surface area contributed by atoms with Crippen LogP contribution in [0.5, 0.6) is 0 Å². The van der Waals surface area contributed by atoms with Gasteiger partial charge in [0.15, 0.2) is 0 Å². The highest BCUT2D eigenvalue weighted by Crippen LogP contribution is 2.72. The van der Waals surface area contributed by atoms with Gasteiger partial charge in [-0.1, -0.05) is 27.7 Å². The summed E-state index contributed by atoms with van der Waals surface area (Å²) in [5.41, 5.74) is -1.23. The highest BCUT2D eigenvalue weighted by Gasteiger charge is 2.73. The minimum absolute atomic E-state index is 0.378. The van der Waals surface area contributed by atoms with E-state index in [0.29, 0.717) is 0 Å². The molecule has 0 amide bonds. The fourth-order valence-electron chi connectivity index (χ4n) is 2.06. The van der Waals surface area contributed by atoms with Crippen molar-refractivity contribution in [3.63, 3.8) is 0 Å². The van der Waals surface area contributed by atoms with Gasteiger partial charge in [0.2, 0.25) is 0 Å². The quantitative estimate of drug-likeness (QED) is 0.582. The van der Waals surface area contributed by atoms with Crippen LogP contribution in [0, 0.1) is 16.7 Å². The molecular weight excluding hydrogens is 201 g/mol. The van der Waals surface area contributed by atoms with Crippen LogP contribution in [0.25, 0.3) is 0 Å². The molecule has 1 aliphatic rings. The van der Waals surface area contributed by atoms with E-state index in [-0.39, 0.29) is 5.38 Å². The molecule has 0 N–H and O–H groups in total. The molecule has 1 aliphatic carbocycles. The van der Waals surface area contributed by atoms with Gasteiger partial charge in [0, 0.05) is 10.8 Å². The van der Waals surface area contributed by atoms with E-state index < -0.39 is 22.9 Å². The van der Waals surface area contributed by atoms with Crippen molar-refractivity contribution >= 4 is 11.6 Å². The van der Waals surface area contributed by atoms with E-state index in [1.54, 1.807) is 20.8 Å². The molecule has 0 aliphatic heterocycles. The number of alkyl halides is 4. The predicted octanol–water partition coefficient (Wildman–Crippen LogP) is 3.84. The zero-order valence-corrected chi connectivity index (χ0v) is 8.92. The monoisotopic (exact) mass is 214 g/mol. The van der Waals surface area contributed by atoms with Crippen LogP contribution >= 0.6 is 11.6 Å². The number of hydrogen-bond donors (Lipinski definition) is 0. The third-order valence-electron chi connectivity index (χ3n) is 3.86. The van der Waals surface area contributed by atoms with Gasteiger partial charge < -0.3 is 0 Å². The fourth-order valence-corrected chi connectivity index (χ4v) is 2.70. The summed E-state index contributed by atoms with van der Waals surface area (Å²) in [6.45, 7) is 6.40. The smallest absolute Gasteiger partial charge is 0.171 e. The average molecular weight is 215 g/mol. The van der Waals surface area contributed by atoms with Crippen molar-refractivity contribution < 1.29 is 13.2 Å². The SMILES string of the molecule is CC(C(F)(F)F)C1(C)C(Cl)C1(C)C. The Bertz CT molecular complexity index is 221. The van der Waals surface area contributed by atoms with Gasteiger partial charge in [0.1, 0.15) is 0 Å². The van der Waals surface area contributed by atoms with Crippen molar-refractivity contribution in [1.82, 2.24) is 0 Å². The van der Waals surface area contributed by atoms with E-state index in [1.807, 2.05) is 0 Å². The average Bonchev–Trinajstić information content (AvgIpc) is 2.32. The standard InChI is InChI=1S/C9H14ClF3/c1-5(9(11,12)13)8(4)6(10)7(8,2)3/h5-6H,1-4H3. The molecule has 3 atom stereocenters. The van der Waals surface area contributed by atoms with Crippen molar-refractivity contribution in [1.29, 1.82) is 0 Å². The van der Waals surface area contributed by atoms with Crippen LogP contribution in [0.4, 0.5) is 13.2 Å². The Balaban J connectivity index is 2.87. The molecule has 0 radical (unpaired) electrons. The Labute approximate surface area is 81.5 Å². The van der Waals surface area contributed by atoms with Crippen LogP contribution < -0.4 is 0 Å². The molecular formula is C9H14ClF3. The van der Waals surface area contributed by atoms with Gasteiger partial charge >= 0.3 is 6.18 Å². The molecule has 0 aromatic rings. The van der Waals surface area contributed by atoms with Crippen molar-refractivity contribution in [3.05, 3.63) is 0 Å². The molecule has 0 bridgehead atoms. The Hall–Kier alpha value is 0.0800. The Morgan fingerprint density at radius 3 is 1.62 bits per heavy atom. The minimum Gasteiger partial charge on any atom is -0.171 e. The fraction of sp³-hybridized carbons (Fsp3) is 1.00. The van der Waals surface area contributed by atoms with Gasteiger partial charge in [-0.2, -0.15) is 13.2 Å². The zero-order valence-electron chi connectivity index (χ0n) is 8.17. The molecule has 0 heterocycles. The van der Waals surface area contributed by atoms with Crippen LogP contribution in [-0.2, 0) is 0 Å². The van der Waals surface area contributed by atoms with Crippen LogP contribution in [0.1, 0.15) is 27.7 Å². The number of halogens is 4. The molecule has 1 fully saturated rings. The summed E-state index contributed by atoms with van der Waals surface area (Å²) in [6.07, 6.45) is -4.14. The molecule has 3 unspecified atom stereocenters. The summed E-state index contributed by atoms with van der Waals surface area (Å²) in [5.74, 6) is -1.34. The third kappa shape index (κ3) is 1.27. The van der Waals surface area contributed by atoms with E-state index in [4.69, 9.17) is 11.6 Å². The first-order chi connectivity index (χ1) is 5.56.